The minimum absolute atomic E-state index is 0.100. The zero-order chi connectivity index (χ0) is 24.3. The van der Waals surface area contributed by atoms with E-state index in [1.807, 2.05) is 37.3 Å². The van der Waals surface area contributed by atoms with Gasteiger partial charge in [-0.05, 0) is 53.9 Å². The van der Waals surface area contributed by atoms with E-state index in [4.69, 9.17) is 4.74 Å². The summed E-state index contributed by atoms with van der Waals surface area (Å²) in [6.07, 6.45) is 1.06. The molecule has 1 N–H and O–H groups in total. The van der Waals surface area contributed by atoms with Crippen LogP contribution in [-0.2, 0) is 22.6 Å². The first-order valence-corrected chi connectivity index (χ1v) is 11.2. The highest BCUT2D eigenvalue weighted by Crippen LogP contribution is 2.17. The molecule has 0 saturated carbocycles. The Morgan fingerprint density at radius 2 is 1.50 bits per heavy atom. The van der Waals surface area contributed by atoms with E-state index in [1.54, 1.807) is 12.1 Å². The molecule has 0 aliphatic rings. The van der Waals surface area contributed by atoms with Crippen LogP contribution in [-0.4, -0.2) is 35.9 Å². The van der Waals surface area contributed by atoms with Crippen LogP contribution in [0.15, 0.2) is 78.9 Å². The Balaban J connectivity index is 1.87. The number of nitrogens with one attached hydrogen (secondary N) is 1. The molecule has 0 saturated heterocycles. The summed E-state index contributed by atoms with van der Waals surface area (Å²) in [4.78, 5) is 28.0. The molecular formula is C27H28F2N2O3. The molecule has 3 aromatic rings. The molecule has 1 unspecified atom stereocenters. The second-order valence-corrected chi connectivity index (χ2v) is 7.89. The first-order valence-electron chi connectivity index (χ1n) is 11.2. The van der Waals surface area contributed by atoms with Crippen LogP contribution in [0.4, 0.5) is 8.78 Å². The van der Waals surface area contributed by atoms with Crippen molar-refractivity contribution in [3.8, 4) is 5.75 Å². The van der Waals surface area contributed by atoms with E-state index in [0.29, 0.717) is 24.3 Å². The molecule has 34 heavy (non-hydrogen) atoms. The zero-order valence-corrected chi connectivity index (χ0v) is 19.0. The number of nitrogens with zero attached hydrogens (tertiary/aromatic N) is 1. The summed E-state index contributed by atoms with van der Waals surface area (Å²) >= 11 is 0. The molecule has 1 atom stereocenters. The average molecular weight is 467 g/mol. The normalized spacial score (nSPS) is 11.5. The smallest absolute Gasteiger partial charge is 0.261 e. The van der Waals surface area contributed by atoms with E-state index in [2.05, 4.69) is 5.32 Å². The Morgan fingerprint density at radius 3 is 2.12 bits per heavy atom. The van der Waals surface area contributed by atoms with Crippen molar-refractivity contribution in [1.29, 1.82) is 0 Å². The van der Waals surface area contributed by atoms with Gasteiger partial charge in [0.15, 0.2) is 6.61 Å². The van der Waals surface area contributed by atoms with Gasteiger partial charge in [0, 0.05) is 19.5 Å². The van der Waals surface area contributed by atoms with E-state index in [1.165, 1.54) is 41.3 Å². The summed E-state index contributed by atoms with van der Waals surface area (Å²) < 4.78 is 32.2. The number of carbonyl (C=O) groups is 2. The predicted octanol–water partition coefficient (Wildman–Crippen LogP) is 4.51. The van der Waals surface area contributed by atoms with Gasteiger partial charge in [0.1, 0.15) is 23.4 Å². The molecule has 0 aromatic heterocycles. The van der Waals surface area contributed by atoms with Gasteiger partial charge < -0.3 is 15.0 Å². The van der Waals surface area contributed by atoms with Crippen LogP contribution in [0.3, 0.4) is 0 Å². The summed E-state index contributed by atoms with van der Waals surface area (Å²) in [6.45, 7) is 2.20. The Bertz CT molecular complexity index is 1060. The maximum atomic E-state index is 13.4. The molecule has 7 heteroatoms. The van der Waals surface area contributed by atoms with Crippen LogP contribution in [0.25, 0.3) is 0 Å². The standard InChI is InChI=1S/C27H28F2N2O3/c1-2-16-30-27(33)25(17-20-6-4-3-5-7-20)31(18-21-8-10-22(28)11-9-21)26(32)19-34-24-14-12-23(29)13-15-24/h3-15,25H,2,16-19H2,1H3,(H,30,33). The summed E-state index contributed by atoms with van der Waals surface area (Å²) in [6, 6.07) is 19.8. The molecule has 178 valence electrons. The van der Waals surface area contributed by atoms with Crippen LogP contribution in [0.5, 0.6) is 5.75 Å². The number of hydrogen-bond acceptors (Lipinski definition) is 3. The van der Waals surface area contributed by atoms with Crippen molar-refractivity contribution in [1.82, 2.24) is 10.2 Å². The Kier molecular flexibility index (Phi) is 9.14. The lowest BCUT2D eigenvalue weighted by Gasteiger charge is -2.31. The van der Waals surface area contributed by atoms with Gasteiger partial charge in [-0.2, -0.15) is 0 Å². The van der Waals surface area contributed by atoms with E-state index < -0.39 is 17.8 Å². The fourth-order valence-corrected chi connectivity index (χ4v) is 3.47. The Morgan fingerprint density at radius 1 is 0.882 bits per heavy atom. The van der Waals surface area contributed by atoms with Gasteiger partial charge >= 0.3 is 0 Å². The van der Waals surface area contributed by atoms with Gasteiger partial charge in [-0.25, -0.2) is 8.78 Å². The maximum Gasteiger partial charge on any atom is 0.261 e. The number of ether oxygens (including phenoxy) is 1. The second kappa shape index (κ2) is 12.5. The van der Waals surface area contributed by atoms with Crippen molar-refractivity contribution in [2.45, 2.75) is 32.4 Å². The minimum atomic E-state index is -0.802. The highest BCUT2D eigenvalue weighted by molar-refractivity contribution is 5.88. The van der Waals surface area contributed by atoms with Crippen LogP contribution in [0.2, 0.25) is 0 Å². The number of hydrogen-bond donors (Lipinski definition) is 1. The largest absolute Gasteiger partial charge is 0.484 e. The van der Waals surface area contributed by atoms with Gasteiger partial charge in [-0.3, -0.25) is 9.59 Å². The number of halogens is 2. The lowest BCUT2D eigenvalue weighted by atomic mass is 10.0. The van der Waals surface area contributed by atoms with Crippen LogP contribution in [0, 0.1) is 11.6 Å². The van der Waals surface area contributed by atoms with E-state index >= 15 is 0 Å². The van der Waals surface area contributed by atoms with E-state index in [-0.39, 0.29) is 24.9 Å². The SMILES string of the molecule is CCCNC(=O)C(Cc1ccccc1)N(Cc1ccc(F)cc1)C(=O)COc1ccc(F)cc1. The number of rotatable bonds is 11. The number of benzene rings is 3. The third-order valence-corrected chi connectivity index (χ3v) is 5.26. The van der Waals surface area contributed by atoms with Gasteiger partial charge in [0.05, 0.1) is 0 Å². The molecule has 0 aliphatic carbocycles. The second-order valence-electron chi connectivity index (χ2n) is 7.89. The van der Waals surface area contributed by atoms with Crippen molar-refractivity contribution in [2.75, 3.05) is 13.2 Å². The van der Waals surface area contributed by atoms with Crippen LogP contribution >= 0.6 is 0 Å². The molecule has 3 rings (SSSR count). The number of carbonyl (C=O) groups excluding carboxylic acids is 2. The fourth-order valence-electron chi connectivity index (χ4n) is 3.47. The van der Waals surface area contributed by atoms with Gasteiger partial charge in [0.2, 0.25) is 5.91 Å². The summed E-state index contributed by atoms with van der Waals surface area (Å²) in [5.41, 5.74) is 1.58. The molecule has 2 amide bonds. The summed E-state index contributed by atoms with van der Waals surface area (Å²) in [5.74, 6) is -1.15. The predicted molar refractivity (Wildman–Crippen MR) is 126 cm³/mol. The Hall–Kier alpha value is -3.74. The molecule has 0 heterocycles. The van der Waals surface area contributed by atoms with Gasteiger partial charge in [0.25, 0.3) is 5.91 Å². The van der Waals surface area contributed by atoms with Gasteiger partial charge in [-0.15, -0.1) is 0 Å². The minimum Gasteiger partial charge on any atom is -0.484 e. The van der Waals surface area contributed by atoms with Crippen molar-refractivity contribution < 1.29 is 23.1 Å². The molecule has 0 radical (unpaired) electrons. The van der Waals surface area contributed by atoms with Gasteiger partial charge in [-0.1, -0.05) is 49.4 Å². The lowest BCUT2D eigenvalue weighted by Crippen LogP contribution is -2.51. The third kappa shape index (κ3) is 7.40. The van der Waals surface area contributed by atoms with Crippen molar-refractivity contribution in [3.63, 3.8) is 0 Å². The zero-order valence-electron chi connectivity index (χ0n) is 19.0. The molecule has 0 bridgehead atoms. The van der Waals surface area contributed by atoms with E-state index in [9.17, 15) is 18.4 Å². The first kappa shape index (κ1) is 24.9. The Labute approximate surface area is 198 Å². The molecule has 0 spiro atoms. The molecule has 3 aromatic carbocycles. The lowest BCUT2D eigenvalue weighted by molar-refractivity contribution is -0.142. The highest BCUT2D eigenvalue weighted by atomic mass is 19.1. The van der Waals surface area contributed by atoms with Crippen molar-refractivity contribution in [2.24, 2.45) is 0 Å². The van der Waals surface area contributed by atoms with Crippen LogP contribution in [0.1, 0.15) is 24.5 Å². The van der Waals surface area contributed by atoms with Crippen molar-refractivity contribution in [3.05, 3.63) is 102 Å². The first-order chi connectivity index (χ1) is 16.5. The molecular weight excluding hydrogens is 438 g/mol. The summed E-state index contributed by atoms with van der Waals surface area (Å²) in [5, 5.41) is 2.89. The van der Waals surface area contributed by atoms with E-state index in [0.717, 1.165) is 12.0 Å². The number of amides is 2. The van der Waals surface area contributed by atoms with Crippen LogP contribution < -0.4 is 10.1 Å². The molecule has 5 nitrogen and oxygen atoms in total. The molecule has 0 aliphatic heterocycles. The van der Waals surface area contributed by atoms with Crippen molar-refractivity contribution >= 4 is 11.8 Å². The monoisotopic (exact) mass is 466 g/mol. The average Bonchev–Trinajstić information content (AvgIpc) is 2.86. The maximum absolute atomic E-state index is 13.4. The fraction of sp³-hybridized carbons (Fsp3) is 0.259. The quantitative estimate of drug-likeness (QED) is 0.452. The highest BCUT2D eigenvalue weighted by Gasteiger charge is 2.30. The third-order valence-electron chi connectivity index (χ3n) is 5.26. The molecule has 0 fully saturated rings. The summed E-state index contributed by atoms with van der Waals surface area (Å²) in [7, 11) is 0. The topological polar surface area (TPSA) is 58.6 Å².